The summed E-state index contributed by atoms with van der Waals surface area (Å²) in [5, 5.41) is 0. The molecular formula is C18H20N2O. The summed E-state index contributed by atoms with van der Waals surface area (Å²) in [7, 11) is 0. The van der Waals surface area contributed by atoms with E-state index >= 15 is 0 Å². The van der Waals surface area contributed by atoms with Crippen molar-refractivity contribution < 1.29 is 4.74 Å². The molecule has 0 aliphatic carbocycles. The molecule has 0 spiro atoms. The van der Waals surface area contributed by atoms with Crippen LogP contribution in [0.2, 0.25) is 0 Å². The Kier molecular flexibility index (Phi) is 2.88. The number of aryl methyl sites for hydroxylation is 2. The first-order valence-electron chi connectivity index (χ1n) is 7.68. The summed E-state index contributed by atoms with van der Waals surface area (Å²) < 4.78 is 6.01. The summed E-state index contributed by atoms with van der Waals surface area (Å²) in [6, 6.07) is 8.39. The first kappa shape index (κ1) is 12.7. The van der Waals surface area contributed by atoms with Crippen LogP contribution in [0, 0.1) is 13.8 Å². The molecule has 0 saturated heterocycles. The molecule has 3 bridgehead atoms. The second-order valence-electron chi connectivity index (χ2n) is 6.00. The van der Waals surface area contributed by atoms with Crippen molar-refractivity contribution in [1.29, 1.82) is 0 Å². The molecule has 0 radical (unpaired) electrons. The number of hydrogen-bond acceptors (Lipinski definition) is 3. The second-order valence-corrected chi connectivity index (χ2v) is 6.00. The number of para-hydroxylation sites is 2. The number of benzene rings is 1. The van der Waals surface area contributed by atoms with Crippen LogP contribution in [-0.2, 0) is 19.5 Å². The monoisotopic (exact) mass is 280 g/mol. The molecule has 0 unspecified atom stereocenters. The van der Waals surface area contributed by atoms with Crippen molar-refractivity contribution in [3.8, 4) is 5.75 Å². The molecule has 3 nitrogen and oxygen atoms in total. The van der Waals surface area contributed by atoms with E-state index in [4.69, 9.17) is 9.72 Å². The zero-order chi connectivity index (χ0) is 14.4. The molecule has 1 aromatic carbocycles. The van der Waals surface area contributed by atoms with Gasteiger partial charge in [-0.2, -0.15) is 0 Å². The second kappa shape index (κ2) is 4.76. The first-order valence-corrected chi connectivity index (χ1v) is 7.68. The van der Waals surface area contributed by atoms with Gasteiger partial charge in [0.25, 0.3) is 0 Å². The lowest BCUT2D eigenvalue weighted by atomic mass is 10.00. The molecule has 0 amide bonds. The number of hydrogen-bond donors (Lipinski definition) is 0. The summed E-state index contributed by atoms with van der Waals surface area (Å²) >= 11 is 0. The maximum atomic E-state index is 6.01. The number of aromatic nitrogens is 1. The van der Waals surface area contributed by atoms with Crippen molar-refractivity contribution >= 4 is 5.69 Å². The van der Waals surface area contributed by atoms with Crippen LogP contribution >= 0.6 is 0 Å². The van der Waals surface area contributed by atoms with Gasteiger partial charge < -0.3 is 9.64 Å². The lowest BCUT2D eigenvalue weighted by Crippen LogP contribution is -2.16. The highest BCUT2D eigenvalue weighted by Gasteiger charge is 2.27. The van der Waals surface area contributed by atoms with E-state index in [1.807, 2.05) is 0 Å². The van der Waals surface area contributed by atoms with Crippen LogP contribution in [0.4, 0.5) is 5.69 Å². The largest absolute Gasteiger partial charge is 0.491 e. The minimum Gasteiger partial charge on any atom is -0.491 e. The zero-order valence-corrected chi connectivity index (χ0v) is 12.6. The third-order valence-corrected chi connectivity index (χ3v) is 4.71. The molecule has 2 aromatic rings. The lowest BCUT2D eigenvalue weighted by molar-refractivity contribution is 0.310. The minimum absolute atomic E-state index is 0.752. The highest BCUT2D eigenvalue weighted by molar-refractivity contribution is 5.62. The van der Waals surface area contributed by atoms with E-state index < -0.39 is 0 Å². The van der Waals surface area contributed by atoms with Gasteiger partial charge in [0.1, 0.15) is 5.75 Å². The third-order valence-electron chi connectivity index (χ3n) is 4.71. The smallest absolute Gasteiger partial charge is 0.142 e. The minimum atomic E-state index is 0.752. The number of rotatable bonds is 0. The quantitative estimate of drug-likeness (QED) is 0.738. The van der Waals surface area contributed by atoms with Gasteiger partial charge in [-0.15, -0.1) is 0 Å². The molecule has 2 aliphatic heterocycles. The molecule has 0 saturated carbocycles. The van der Waals surface area contributed by atoms with Crippen LogP contribution in [0.25, 0.3) is 0 Å². The molecule has 21 heavy (non-hydrogen) atoms. The van der Waals surface area contributed by atoms with E-state index in [2.05, 4.69) is 43.0 Å². The molecule has 0 atom stereocenters. The Hall–Kier alpha value is -2.03. The zero-order valence-electron chi connectivity index (χ0n) is 12.6. The van der Waals surface area contributed by atoms with Crippen LogP contribution in [0.3, 0.4) is 0 Å². The van der Waals surface area contributed by atoms with Gasteiger partial charge in [-0.3, -0.25) is 4.98 Å². The van der Waals surface area contributed by atoms with Crippen molar-refractivity contribution in [3.05, 3.63) is 52.3 Å². The topological polar surface area (TPSA) is 25.4 Å². The summed E-state index contributed by atoms with van der Waals surface area (Å²) in [6.45, 7) is 7.05. The van der Waals surface area contributed by atoms with E-state index in [-0.39, 0.29) is 0 Å². The number of fused-ring (bicyclic) bond motifs is 4. The van der Waals surface area contributed by atoms with Crippen LogP contribution < -0.4 is 9.64 Å². The molecule has 4 rings (SSSR count). The van der Waals surface area contributed by atoms with Crippen LogP contribution in [0.15, 0.2) is 24.3 Å². The maximum absolute atomic E-state index is 6.01. The number of anilines is 1. The lowest BCUT2D eigenvalue weighted by Gasteiger charge is -2.21. The Morgan fingerprint density at radius 2 is 1.90 bits per heavy atom. The Labute approximate surface area is 125 Å². The summed E-state index contributed by atoms with van der Waals surface area (Å²) in [6.07, 6.45) is 2.02. The van der Waals surface area contributed by atoms with Crippen molar-refractivity contribution in [2.24, 2.45) is 0 Å². The predicted octanol–water partition coefficient (Wildman–Crippen LogP) is 3.54. The Morgan fingerprint density at radius 1 is 1.10 bits per heavy atom. The van der Waals surface area contributed by atoms with Crippen LogP contribution in [0.5, 0.6) is 5.75 Å². The van der Waals surface area contributed by atoms with Gasteiger partial charge in [-0.1, -0.05) is 12.1 Å². The van der Waals surface area contributed by atoms with Crippen LogP contribution in [0.1, 0.15) is 34.5 Å². The number of nitrogens with zero attached hydrogens (tertiary/aromatic N) is 2. The fraction of sp³-hybridized carbons (Fsp3) is 0.389. The molecule has 3 heteroatoms. The fourth-order valence-electron chi connectivity index (χ4n) is 3.51. The van der Waals surface area contributed by atoms with Gasteiger partial charge in [0.05, 0.1) is 12.3 Å². The SMILES string of the molecule is Cc1nc2c(C)c3c1CN(C3)c1ccccc1OCCC2. The van der Waals surface area contributed by atoms with Gasteiger partial charge >= 0.3 is 0 Å². The average molecular weight is 280 g/mol. The van der Waals surface area contributed by atoms with Crippen molar-refractivity contribution in [2.45, 2.75) is 39.8 Å². The Bertz CT molecular complexity index is 709. The number of ether oxygens (including phenoxy) is 1. The number of pyridine rings is 1. The molecule has 0 fully saturated rings. The first-order chi connectivity index (χ1) is 10.2. The fourth-order valence-corrected chi connectivity index (χ4v) is 3.51. The van der Waals surface area contributed by atoms with Gasteiger partial charge in [0.15, 0.2) is 0 Å². The molecule has 2 aliphatic rings. The normalized spacial score (nSPS) is 16.4. The summed E-state index contributed by atoms with van der Waals surface area (Å²) in [5.74, 6) is 1.01. The average Bonchev–Trinajstić information content (AvgIpc) is 2.93. The van der Waals surface area contributed by atoms with Crippen LogP contribution in [-0.4, -0.2) is 11.6 Å². The van der Waals surface area contributed by atoms with E-state index in [1.165, 1.54) is 33.8 Å². The van der Waals surface area contributed by atoms with E-state index in [1.54, 1.807) is 0 Å². The van der Waals surface area contributed by atoms with E-state index in [0.29, 0.717) is 0 Å². The molecule has 0 N–H and O–H groups in total. The predicted molar refractivity (Wildman–Crippen MR) is 83.9 cm³/mol. The Balaban J connectivity index is 1.88. The molecule has 3 heterocycles. The standard InChI is InChI=1S/C18H20N2O/c1-12-14-10-20-11-15(14)13(2)19-16(12)6-5-9-21-18-8-4-3-7-17(18)20/h3-4,7-8H,5-6,9-11H2,1-2H3. The van der Waals surface area contributed by atoms with Gasteiger partial charge in [-0.05, 0) is 55.5 Å². The molecular weight excluding hydrogens is 260 g/mol. The molecule has 1 aromatic heterocycles. The summed E-state index contributed by atoms with van der Waals surface area (Å²) in [5.41, 5.74) is 7.93. The maximum Gasteiger partial charge on any atom is 0.142 e. The van der Waals surface area contributed by atoms with Gasteiger partial charge in [0, 0.05) is 24.5 Å². The molecule has 108 valence electrons. The van der Waals surface area contributed by atoms with E-state index in [9.17, 15) is 0 Å². The highest BCUT2D eigenvalue weighted by atomic mass is 16.5. The third kappa shape index (κ3) is 1.99. The van der Waals surface area contributed by atoms with Gasteiger partial charge in [0.2, 0.25) is 0 Å². The Morgan fingerprint density at radius 3 is 2.81 bits per heavy atom. The van der Waals surface area contributed by atoms with Crippen molar-refractivity contribution in [1.82, 2.24) is 4.98 Å². The van der Waals surface area contributed by atoms with E-state index in [0.717, 1.165) is 38.3 Å². The van der Waals surface area contributed by atoms with Crippen molar-refractivity contribution in [3.63, 3.8) is 0 Å². The van der Waals surface area contributed by atoms with Gasteiger partial charge in [-0.25, -0.2) is 0 Å². The van der Waals surface area contributed by atoms with Crippen molar-refractivity contribution in [2.75, 3.05) is 11.5 Å². The summed E-state index contributed by atoms with van der Waals surface area (Å²) in [4.78, 5) is 7.26. The highest BCUT2D eigenvalue weighted by Crippen LogP contribution is 2.37.